The second-order valence-corrected chi connectivity index (χ2v) is 9.51. The smallest absolute Gasteiger partial charge is 0.389 e. The highest BCUT2D eigenvalue weighted by Gasteiger charge is 2.47. The molecule has 0 bridgehead atoms. The molecule has 0 amide bonds. The molecule has 2 rings (SSSR count). The maximum Gasteiger partial charge on any atom is 0.389 e. The van der Waals surface area contributed by atoms with E-state index in [0.29, 0.717) is 6.42 Å². The van der Waals surface area contributed by atoms with Crippen LogP contribution >= 0.6 is 0 Å². The first-order chi connectivity index (χ1) is 13.8. The Bertz CT molecular complexity index is 718. The number of benzene rings is 1. The molecule has 7 heteroatoms. The fraction of sp³-hybridized carbons (Fsp3) is 0.652. The predicted molar refractivity (Wildman–Crippen MR) is 106 cm³/mol. The lowest BCUT2D eigenvalue weighted by Crippen LogP contribution is -2.38. The van der Waals surface area contributed by atoms with E-state index in [1.165, 1.54) is 0 Å². The van der Waals surface area contributed by atoms with Gasteiger partial charge in [0.2, 0.25) is 0 Å². The van der Waals surface area contributed by atoms with E-state index in [1.54, 1.807) is 45.0 Å². The number of carbonyl (C=O) groups is 2. The van der Waals surface area contributed by atoms with Crippen molar-refractivity contribution in [2.24, 2.45) is 17.3 Å². The maximum absolute atomic E-state index is 12.9. The average Bonchev–Trinajstić information content (AvgIpc) is 3.35. The highest BCUT2D eigenvalue weighted by molar-refractivity contribution is 5.82. The topological polar surface area (TPSA) is 52.6 Å². The Kier molecular flexibility index (Phi) is 7.59. The summed E-state index contributed by atoms with van der Waals surface area (Å²) < 4.78 is 49.7. The van der Waals surface area contributed by atoms with Crippen molar-refractivity contribution >= 4 is 11.9 Å². The highest BCUT2D eigenvalue weighted by Crippen LogP contribution is 2.52. The lowest BCUT2D eigenvalue weighted by atomic mass is 9.80. The molecule has 0 saturated heterocycles. The molecule has 1 aliphatic carbocycles. The monoisotopic (exact) mass is 428 g/mol. The third-order valence-electron chi connectivity index (χ3n) is 5.28. The summed E-state index contributed by atoms with van der Waals surface area (Å²) in [5.41, 5.74) is -0.233. The van der Waals surface area contributed by atoms with Gasteiger partial charge >= 0.3 is 18.1 Å². The van der Waals surface area contributed by atoms with E-state index in [1.807, 2.05) is 13.0 Å². The first kappa shape index (κ1) is 24.2. The van der Waals surface area contributed by atoms with Crippen molar-refractivity contribution in [3.63, 3.8) is 0 Å². The van der Waals surface area contributed by atoms with E-state index in [2.05, 4.69) is 0 Å². The number of hydrogen-bond donors (Lipinski definition) is 0. The summed E-state index contributed by atoms with van der Waals surface area (Å²) in [4.78, 5) is 25.8. The summed E-state index contributed by atoms with van der Waals surface area (Å²) in [6.07, 6.45) is -4.04. The van der Waals surface area contributed by atoms with Crippen LogP contribution in [0.5, 0.6) is 0 Å². The van der Waals surface area contributed by atoms with E-state index in [0.717, 1.165) is 18.4 Å². The Balaban J connectivity index is 2.21. The summed E-state index contributed by atoms with van der Waals surface area (Å²) >= 11 is 0. The van der Waals surface area contributed by atoms with Crippen LogP contribution in [0.1, 0.15) is 65.4 Å². The zero-order chi connectivity index (χ0) is 22.6. The number of hydrogen-bond acceptors (Lipinski definition) is 4. The summed E-state index contributed by atoms with van der Waals surface area (Å²) in [5, 5.41) is 0. The molecule has 0 spiro atoms. The third kappa shape index (κ3) is 8.36. The van der Waals surface area contributed by atoms with Crippen molar-refractivity contribution in [2.45, 2.75) is 78.2 Å². The third-order valence-corrected chi connectivity index (χ3v) is 5.28. The van der Waals surface area contributed by atoms with Crippen LogP contribution in [0.4, 0.5) is 13.2 Å². The second-order valence-electron chi connectivity index (χ2n) is 9.51. The summed E-state index contributed by atoms with van der Waals surface area (Å²) in [6, 6.07) is 8.89. The van der Waals surface area contributed by atoms with Crippen LogP contribution in [0.25, 0.3) is 0 Å². The van der Waals surface area contributed by atoms with Crippen LogP contribution in [-0.4, -0.2) is 23.7 Å². The van der Waals surface area contributed by atoms with Crippen molar-refractivity contribution in [1.82, 2.24) is 0 Å². The molecule has 0 radical (unpaired) electrons. The Labute approximate surface area is 176 Å². The van der Waals surface area contributed by atoms with Crippen molar-refractivity contribution in [1.29, 1.82) is 0 Å². The van der Waals surface area contributed by atoms with E-state index < -0.39 is 48.4 Å². The first-order valence-corrected chi connectivity index (χ1v) is 10.3. The van der Waals surface area contributed by atoms with Gasteiger partial charge < -0.3 is 9.47 Å². The molecular formula is C23H31F3O4. The van der Waals surface area contributed by atoms with Crippen molar-refractivity contribution in [2.75, 3.05) is 0 Å². The molecule has 2 unspecified atom stereocenters. The quantitative estimate of drug-likeness (QED) is 0.464. The van der Waals surface area contributed by atoms with Gasteiger partial charge in [-0.05, 0) is 57.4 Å². The minimum Gasteiger partial charge on any atom is -0.461 e. The Morgan fingerprint density at radius 2 is 1.63 bits per heavy atom. The lowest BCUT2D eigenvalue weighted by molar-refractivity contribution is -0.173. The van der Waals surface area contributed by atoms with E-state index in [9.17, 15) is 22.8 Å². The van der Waals surface area contributed by atoms with Gasteiger partial charge in [-0.1, -0.05) is 37.3 Å². The minimum atomic E-state index is -4.43. The molecule has 30 heavy (non-hydrogen) atoms. The zero-order valence-electron chi connectivity index (χ0n) is 18.1. The van der Waals surface area contributed by atoms with Crippen LogP contribution in [0.3, 0.4) is 0 Å². The van der Waals surface area contributed by atoms with Gasteiger partial charge in [0.25, 0.3) is 0 Å². The number of halogens is 3. The van der Waals surface area contributed by atoms with Crippen molar-refractivity contribution < 1.29 is 32.2 Å². The maximum atomic E-state index is 12.9. The van der Waals surface area contributed by atoms with Gasteiger partial charge in [-0.2, -0.15) is 13.2 Å². The molecule has 1 aromatic carbocycles. The molecule has 0 aliphatic heterocycles. The average molecular weight is 428 g/mol. The summed E-state index contributed by atoms with van der Waals surface area (Å²) in [6.45, 7) is 7.00. The Morgan fingerprint density at radius 1 is 1.03 bits per heavy atom. The number of esters is 2. The largest absolute Gasteiger partial charge is 0.461 e. The van der Waals surface area contributed by atoms with E-state index >= 15 is 0 Å². The summed E-state index contributed by atoms with van der Waals surface area (Å²) in [7, 11) is 0. The molecule has 0 N–H and O–H groups in total. The zero-order valence-corrected chi connectivity index (χ0v) is 18.1. The number of alkyl halides is 3. The predicted octanol–water partition coefficient (Wildman–Crippen LogP) is 5.84. The molecule has 168 valence electrons. The Hall–Kier alpha value is -2.05. The molecule has 2 atom stereocenters. The van der Waals surface area contributed by atoms with Gasteiger partial charge in [0.1, 0.15) is 12.2 Å². The number of carbonyl (C=O) groups excluding carboxylic acids is 2. The second kappa shape index (κ2) is 9.40. The number of rotatable bonds is 9. The van der Waals surface area contributed by atoms with Crippen LogP contribution in [-0.2, 0) is 25.7 Å². The standard InChI is InChI=1S/C23H31F3O4/c1-21(2,3)30-20(28)18(14-22(4)12-13-22)17(10-11-23(24,25)26)19(27)29-15-16-8-6-5-7-9-16/h5-9,17-18H,10-15H2,1-4H3. The Morgan fingerprint density at radius 3 is 2.13 bits per heavy atom. The molecule has 1 aliphatic rings. The SMILES string of the molecule is CC1(CC(C(=O)OC(C)(C)C)C(CCC(F)(F)F)C(=O)OCc2ccccc2)CC1. The van der Waals surface area contributed by atoms with Crippen molar-refractivity contribution in [3.8, 4) is 0 Å². The van der Waals surface area contributed by atoms with Crippen LogP contribution in [0.15, 0.2) is 30.3 Å². The molecular weight excluding hydrogens is 397 g/mol. The number of ether oxygens (including phenoxy) is 2. The van der Waals surface area contributed by atoms with Gasteiger partial charge in [-0.3, -0.25) is 9.59 Å². The molecule has 0 aromatic heterocycles. The summed E-state index contributed by atoms with van der Waals surface area (Å²) in [5.74, 6) is -3.60. The fourth-order valence-electron chi connectivity index (χ4n) is 3.35. The van der Waals surface area contributed by atoms with Gasteiger partial charge in [0, 0.05) is 6.42 Å². The van der Waals surface area contributed by atoms with E-state index in [4.69, 9.17) is 9.47 Å². The van der Waals surface area contributed by atoms with Crippen LogP contribution < -0.4 is 0 Å². The molecule has 4 nitrogen and oxygen atoms in total. The highest BCUT2D eigenvalue weighted by atomic mass is 19.4. The molecule has 1 saturated carbocycles. The van der Waals surface area contributed by atoms with E-state index in [-0.39, 0.29) is 12.0 Å². The van der Waals surface area contributed by atoms with Crippen LogP contribution in [0.2, 0.25) is 0 Å². The molecule has 0 heterocycles. The lowest BCUT2D eigenvalue weighted by Gasteiger charge is -2.30. The normalized spacial score (nSPS) is 17.7. The van der Waals surface area contributed by atoms with Gasteiger partial charge in [0.05, 0.1) is 11.8 Å². The van der Waals surface area contributed by atoms with Gasteiger partial charge in [0.15, 0.2) is 0 Å². The van der Waals surface area contributed by atoms with Crippen molar-refractivity contribution in [3.05, 3.63) is 35.9 Å². The first-order valence-electron chi connectivity index (χ1n) is 10.3. The molecule has 1 aromatic rings. The van der Waals surface area contributed by atoms with Gasteiger partial charge in [-0.25, -0.2) is 0 Å². The minimum absolute atomic E-state index is 0.0551. The fourth-order valence-corrected chi connectivity index (χ4v) is 3.35. The molecule has 1 fully saturated rings. The van der Waals surface area contributed by atoms with Crippen LogP contribution in [0, 0.1) is 17.3 Å². The van der Waals surface area contributed by atoms with Gasteiger partial charge in [-0.15, -0.1) is 0 Å².